The Balaban J connectivity index is 1.33. The number of fused-ring (bicyclic) bond motifs is 2. The van der Waals surface area contributed by atoms with Crippen molar-refractivity contribution in [3.63, 3.8) is 0 Å². The Morgan fingerprint density at radius 3 is 2.42 bits per heavy atom. The Kier molecular flexibility index (Phi) is 7.37. The molecule has 9 heteroatoms. The third-order valence-corrected chi connectivity index (χ3v) is 9.68. The summed E-state index contributed by atoms with van der Waals surface area (Å²) in [6, 6.07) is 19.1. The van der Waals surface area contributed by atoms with Gasteiger partial charge in [0.25, 0.3) is 0 Å². The first-order valence-electron chi connectivity index (χ1n) is 13.1. The lowest BCUT2D eigenvalue weighted by Crippen LogP contribution is -2.41. The molecule has 0 radical (unpaired) electrons. The van der Waals surface area contributed by atoms with Crippen molar-refractivity contribution in [2.45, 2.75) is 43.0 Å². The number of carbonyl (C=O) groups excluding carboxylic acids is 2. The highest BCUT2D eigenvalue weighted by atomic mass is 32.2. The van der Waals surface area contributed by atoms with E-state index in [0.717, 1.165) is 34.6 Å². The Morgan fingerprint density at radius 2 is 1.70 bits per heavy atom. The summed E-state index contributed by atoms with van der Waals surface area (Å²) in [5.74, 6) is -1.59. The molecule has 0 saturated heterocycles. The van der Waals surface area contributed by atoms with Crippen LogP contribution in [0, 0.1) is 5.82 Å². The van der Waals surface area contributed by atoms with Crippen LogP contribution < -0.4 is 4.90 Å². The number of anilines is 1. The molecule has 5 rings (SSSR count). The van der Waals surface area contributed by atoms with E-state index in [1.807, 2.05) is 62.2 Å². The Morgan fingerprint density at radius 1 is 1.02 bits per heavy atom. The van der Waals surface area contributed by atoms with E-state index >= 15 is 0 Å². The number of nitrogens with zero attached hydrogens (tertiary/aromatic N) is 2. The molecule has 0 aliphatic carbocycles. The molecule has 0 aromatic heterocycles. The number of likely N-dealkylation sites (N-methyl/N-ethyl adjacent to an activating group) is 1. The number of sulfonamides is 1. The van der Waals surface area contributed by atoms with E-state index in [1.54, 1.807) is 12.1 Å². The van der Waals surface area contributed by atoms with Crippen LogP contribution in [0.4, 0.5) is 10.1 Å². The molecule has 0 saturated carbocycles. The minimum Gasteiger partial charge on any atom is -0.457 e. The van der Waals surface area contributed by atoms with Crippen molar-refractivity contribution >= 4 is 27.5 Å². The van der Waals surface area contributed by atoms with Gasteiger partial charge in [0.15, 0.2) is 12.4 Å². The molecule has 0 amide bonds. The fraction of sp³-hybridized carbons (Fsp3) is 0.290. The Bertz CT molecular complexity index is 1600. The van der Waals surface area contributed by atoms with E-state index in [4.69, 9.17) is 4.74 Å². The second kappa shape index (κ2) is 10.6. The summed E-state index contributed by atoms with van der Waals surface area (Å²) >= 11 is 0. The molecule has 3 aromatic rings. The maximum absolute atomic E-state index is 13.5. The van der Waals surface area contributed by atoms with Gasteiger partial charge in [-0.05, 0) is 53.4 Å². The summed E-state index contributed by atoms with van der Waals surface area (Å²) < 4.78 is 47.2. The van der Waals surface area contributed by atoms with Crippen molar-refractivity contribution in [3.8, 4) is 0 Å². The number of rotatable bonds is 7. The van der Waals surface area contributed by atoms with Crippen LogP contribution in [0.25, 0.3) is 0 Å². The van der Waals surface area contributed by atoms with Gasteiger partial charge in [-0.15, -0.1) is 0 Å². The predicted molar refractivity (Wildman–Crippen MR) is 150 cm³/mol. The van der Waals surface area contributed by atoms with Crippen LogP contribution in [-0.2, 0) is 36.2 Å². The van der Waals surface area contributed by atoms with Crippen molar-refractivity contribution in [2.24, 2.45) is 0 Å². The molecule has 40 heavy (non-hydrogen) atoms. The molecule has 0 spiro atoms. The van der Waals surface area contributed by atoms with Gasteiger partial charge in [-0.25, -0.2) is 12.8 Å². The van der Waals surface area contributed by atoms with Crippen LogP contribution in [0.3, 0.4) is 0 Å². The summed E-state index contributed by atoms with van der Waals surface area (Å²) in [5.41, 5.74) is 4.17. The highest BCUT2D eigenvalue weighted by Gasteiger charge is 2.39. The zero-order valence-corrected chi connectivity index (χ0v) is 23.4. The van der Waals surface area contributed by atoms with Gasteiger partial charge in [-0.2, -0.15) is 4.31 Å². The lowest BCUT2D eigenvalue weighted by Gasteiger charge is -2.36. The standard InChI is InChI=1S/C31H31FN2O5S/c1-31(2)26-10-6-7-11-27(26)33(3)29(31)18-23(35)20-39-30(36)19-28-25-9-5-4-8-21(25)16-17-34(28)40(37,38)24-14-12-22(32)13-15-24/h4-15,18,28H,16-17,19-20H2,1-3H3. The first-order chi connectivity index (χ1) is 19.0. The molecule has 2 aliphatic rings. The normalized spacial score (nSPS) is 19.2. The monoisotopic (exact) mass is 562 g/mol. The molecule has 1 atom stereocenters. The highest BCUT2D eigenvalue weighted by Crippen LogP contribution is 2.46. The number of ketones is 1. The van der Waals surface area contributed by atoms with Crippen LogP contribution in [-0.4, -0.2) is 44.7 Å². The van der Waals surface area contributed by atoms with Gasteiger partial charge in [0.05, 0.1) is 17.4 Å². The van der Waals surface area contributed by atoms with Crippen molar-refractivity contribution in [1.82, 2.24) is 4.31 Å². The van der Waals surface area contributed by atoms with Crippen LogP contribution in [0.2, 0.25) is 0 Å². The summed E-state index contributed by atoms with van der Waals surface area (Å²) in [6.45, 7) is 3.78. The second-order valence-electron chi connectivity index (χ2n) is 10.6. The molecular weight excluding hydrogens is 531 g/mol. The summed E-state index contributed by atoms with van der Waals surface area (Å²) in [6.07, 6.45) is 1.71. The SMILES string of the molecule is CN1C(=CC(=O)COC(=O)CC2c3ccccc3CCN2S(=O)(=O)c2ccc(F)cc2)C(C)(C)c2ccccc21. The van der Waals surface area contributed by atoms with Crippen LogP contribution in [0.1, 0.15) is 43.0 Å². The van der Waals surface area contributed by atoms with E-state index in [0.29, 0.717) is 12.0 Å². The van der Waals surface area contributed by atoms with Crippen molar-refractivity contribution in [2.75, 3.05) is 25.1 Å². The average Bonchev–Trinajstić information content (AvgIpc) is 3.13. The third-order valence-electron chi connectivity index (χ3n) is 7.76. The lowest BCUT2D eigenvalue weighted by molar-refractivity contribution is -0.148. The van der Waals surface area contributed by atoms with E-state index in [9.17, 15) is 22.4 Å². The van der Waals surface area contributed by atoms with Gasteiger partial charge >= 0.3 is 5.97 Å². The number of esters is 1. The molecule has 2 heterocycles. The number of hydrogen-bond acceptors (Lipinski definition) is 6. The number of carbonyl (C=O) groups is 2. The van der Waals surface area contributed by atoms with Crippen molar-refractivity contribution < 1.29 is 27.1 Å². The van der Waals surface area contributed by atoms with E-state index in [-0.39, 0.29) is 23.6 Å². The van der Waals surface area contributed by atoms with Crippen molar-refractivity contribution in [3.05, 3.63) is 107 Å². The van der Waals surface area contributed by atoms with Gasteiger partial charge < -0.3 is 9.64 Å². The smallest absolute Gasteiger partial charge is 0.308 e. The maximum Gasteiger partial charge on any atom is 0.308 e. The molecule has 0 fully saturated rings. The minimum atomic E-state index is -4.03. The Hall–Kier alpha value is -3.82. The molecule has 208 valence electrons. The number of hydrogen-bond donors (Lipinski definition) is 0. The average molecular weight is 563 g/mol. The first-order valence-corrected chi connectivity index (χ1v) is 14.5. The lowest BCUT2D eigenvalue weighted by atomic mass is 9.83. The van der Waals surface area contributed by atoms with Gasteiger partial charge in [-0.3, -0.25) is 9.59 Å². The molecule has 0 N–H and O–H groups in total. The fourth-order valence-electron chi connectivity index (χ4n) is 5.69. The minimum absolute atomic E-state index is 0.0576. The molecule has 2 aliphatic heterocycles. The van der Waals surface area contributed by atoms with Crippen molar-refractivity contribution in [1.29, 1.82) is 0 Å². The van der Waals surface area contributed by atoms with Gasteiger partial charge in [0.2, 0.25) is 10.0 Å². The quantitative estimate of drug-likeness (QED) is 0.300. The number of benzene rings is 3. The Labute approximate surface area is 233 Å². The van der Waals surface area contributed by atoms with E-state index < -0.39 is 39.9 Å². The number of ether oxygens (including phenoxy) is 1. The van der Waals surface area contributed by atoms with Crippen LogP contribution in [0.5, 0.6) is 0 Å². The van der Waals surface area contributed by atoms with Gasteiger partial charge in [0.1, 0.15) is 5.82 Å². The first kappa shape index (κ1) is 27.7. The molecule has 7 nitrogen and oxygen atoms in total. The van der Waals surface area contributed by atoms with Gasteiger partial charge in [-0.1, -0.05) is 56.3 Å². The van der Waals surface area contributed by atoms with Gasteiger partial charge in [0, 0.05) is 36.5 Å². The number of halogens is 1. The largest absolute Gasteiger partial charge is 0.457 e. The molecule has 3 aromatic carbocycles. The van der Waals surface area contributed by atoms with Crippen LogP contribution >= 0.6 is 0 Å². The maximum atomic E-state index is 13.5. The molecule has 1 unspecified atom stereocenters. The summed E-state index contributed by atoms with van der Waals surface area (Å²) in [7, 11) is -2.13. The van der Waals surface area contributed by atoms with E-state index in [2.05, 4.69) is 0 Å². The molecule has 0 bridgehead atoms. The molecular formula is C31H31FN2O5S. The highest BCUT2D eigenvalue weighted by molar-refractivity contribution is 7.89. The fourth-order valence-corrected chi connectivity index (χ4v) is 7.30. The topological polar surface area (TPSA) is 84.0 Å². The predicted octanol–water partition coefficient (Wildman–Crippen LogP) is 4.93. The second-order valence-corrected chi connectivity index (χ2v) is 12.5. The summed E-state index contributed by atoms with van der Waals surface area (Å²) in [5, 5.41) is 0. The third kappa shape index (κ3) is 5.07. The zero-order chi connectivity index (χ0) is 28.7. The number of para-hydroxylation sites is 1. The summed E-state index contributed by atoms with van der Waals surface area (Å²) in [4.78, 5) is 27.8. The zero-order valence-electron chi connectivity index (χ0n) is 22.6. The van der Waals surface area contributed by atoms with Crippen LogP contribution in [0.15, 0.2) is 89.5 Å². The van der Waals surface area contributed by atoms with E-state index in [1.165, 1.54) is 22.5 Å². The number of allylic oxidation sites excluding steroid dienone is 1.